The minimum atomic E-state index is -0.0474. The number of nitriles is 1. The highest BCUT2D eigenvalue weighted by molar-refractivity contribution is 5.94. The third kappa shape index (κ3) is 5.58. The van der Waals surface area contributed by atoms with Gasteiger partial charge < -0.3 is 26.0 Å². The van der Waals surface area contributed by atoms with Crippen molar-refractivity contribution >= 4 is 23.1 Å². The van der Waals surface area contributed by atoms with Crippen LogP contribution >= 0.6 is 0 Å². The molecule has 0 radical (unpaired) electrons. The molecule has 36 heavy (non-hydrogen) atoms. The zero-order chi connectivity index (χ0) is 25.7. The van der Waals surface area contributed by atoms with Gasteiger partial charge in [-0.3, -0.25) is 4.79 Å². The molecule has 1 amide bonds. The third-order valence-electron chi connectivity index (χ3n) is 6.50. The SMILES string of the molecule is CN(C)c1ccc(NC(=O)CCN2CCCCC2)cc1-c1cc(-c2ccccc2O)nc(N)c1C#N. The number of piperidine rings is 1. The van der Waals surface area contributed by atoms with E-state index in [0.717, 1.165) is 30.9 Å². The fourth-order valence-electron chi connectivity index (χ4n) is 4.61. The molecular formula is C28H32N6O2. The molecule has 2 heterocycles. The Labute approximate surface area is 212 Å². The molecule has 1 aliphatic rings. The van der Waals surface area contributed by atoms with Crippen molar-refractivity contribution in [2.75, 3.05) is 49.7 Å². The number of pyridine rings is 1. The van der Waals surface area contributed by atoms with Crippen LogP contribution in [-0.2, 0) is 4.79 Å². The quantitative estimate of drug-likeness (QED) is 0.453. The molecule has 0 atom stereocenters. The maximum Gasteiger partial charge on any atom is 0.225 e. The lowest BCUT2D eigenvalue weighted by molar-refractivity contribution is -0.116. The number of anilines is 3. The van der Waals surface area contributed by atoms with Crippen LogP contribution in [0.25, 0.3) is 22.4 Å². The van der Waals surface area contributed by atoms with Gasteiger partial charge in [-0.1, -0.05) is 18.6 Å². The summed E-state index contributed by atoms with van der Waals surface area (Å²) in [6.45, 7) is 2.85. The molecule has 4 rings (SSSR count). The van der Waals surface area contributed by atoms with E-state index in [9.17, 15) is 15.2 Å². The maximum absolute atomic E-state index is 12.7. The molecule has 0 bridgehead atoms. The highest BCUT2D eigenvalue weighted by Gasteiger charge is 2.19. The molecule has 3 aromatic rings. The highest BCUT2D eigenvalue weighted by atomic mass is 16.3. The number of para-hydroxylation sites is 1. The number of aromatic nitrogens is 1. The number of nitrogens with zero attached hydrogens (tertiary/aromatic N) is 4. The number of phenolic OH excluding ortho intramolecular Hbond substituents is 1. The predicted molar refractivity (Wildman–Crippen MR) is 144 cm³/mol. The molecule has 0 unspecified atom stereocenters. The van der Waals surface area contributed by atoms with E-state index in [-0.39, 0.29) is 23.0 Å². The van der Waals surface area contributed by atoms with Crippen LogP contribution in [-0.4, -0.2) is 54.6 Å². The second-order valence-electron chi connectivity index (χ2n) is 9.27. The van der Waals surface area contributed by atoms with Gasteiger partial charge in [0, 0.05) is 55.1 Å². The van der Waals surface area contributed by atoms with Gasteiger partial charge in [-0.25, -0.2) is 4.98 Å². The average Bonchev–Trinajstić information content (AvgIpc) is 2.87. The van der Waals surface area contributed by atoms with Crippen LogP contribution in [0.3, 0.4) is 0 Å². The monoisotopic (exact) mass is 484 g/mol. The zero-order valence-corrected chi connectivity index (χ0v) is 20.8. The molecule has 4 N–H and O–H groups in total. The van der Waals surface area contributed by atoms with Crippen molar-refractivity contribution in [3.8, 4) is 34.2 Å². The van der Waals surface area contributed by atoms with Crippen LogP contribution in [0.15, 0.2) is 48.5 Å². The maximum atomic E-state index is 12.7. The number of carbonyl (C=O) groups is 1. The molecular weight excluding hydrogens is 452 g/mol. The van der Waals surface area contributed by atoms with Gasteiger partial charge >= 0.3 is 0 Å². The van der Waals surface area contributed by atoms with Gasteiger partial charge in [0.1, 0.15) is 23.2 Å². The molecule has 2 aromatic carbocycles. The predicted octanol–water partition coefficient (Wildman–Crippen LogP) is 4.46. The minimum absolute atomic E-state index is 0.0474. The number of amides is 1. The number of phenols is 1. The van der Waals surface area contributed by atoms with E-state index in [1.807, 2.05) is 37.2 Å². The van der Waals surface area contributed by atoms with E-state index in [0.29, 0.717) is 28.9 Å². The van der Waals surface area contributed by atoms with Gasteiger partial charge in [0.2, 0.25) is 5.91 Å². The number of likely N-dealkylation sites (tertiary alicyclic amines) is 1. The van der Waals surface area contributed by atoms with Gasteiger partial charge in [0.15, 0.2) is 0 Å². The topological polar surface area (TPSA) is 119 Å². The lowest BCUT2D eigenvalue weighted by Gasteiger charge is -2.26. The minimum Gasteiger partial charge on any atom is -0.507 e. The van der Waals surface area contributed by atoms with Crippen LogP contribution in [0.5, 0.6) is 5.75 Å². The van der Waals surface area contributed by atoms with Gasteiger partial charge in [-0.15, -0.1) is 0 Å². The number of nitrogens with two attached hydrogens (primary N) is 1. The first-order valence-corrected chi connectivity index (χ1v) is 12.2. The molecule has 1 aromatic heterocycles. The van der Waals surface area contributed by atoms with Gasteiger partial charge in [0.05, 0.1) is 5.69 Å². The molecule has 8 nitrogen and oxygen atoms in total. The summed E-state index contributed by atoms with van der Waals surface area (Å²) in [5, 5.41) is 23.3. The van der Waals surface area contributed by atoms with Crippen LogP contribution < -0.4 is 16.0 Å². The van der Waals surface area contributed by atoms with Crippen molar-refractivity contribution in [2.45, 2.75) is 25.7 Å². The van der Waals surface area contributed by atoms with Crippen LogP contribution in [0.2, 0.25) is 0 Å². The van der Waals surface area contributed by atoms with Crippen LogP contribution in [0.1, 0.15) is 31.2 Å². The second kappa shape index (κ2) is 11.1. The number of nitrogens with one attached hydrogen (secondary N) is 1. The number of hydrogen-bond donors (Lipinski definition) is 3. The zero-order valence-electron chi connectivity index (χ0n) is 20.8. The fraction of sp³-hybridized carbons (Fsp3) is 0.321. The van der Waals surface area contributed by atoms with Gasteiger partial charge in [-0.2, -0.15) is 5.26 Å². The highest BCUT2D eigenvalue weighted by Crippen LogP contribution is 2.39. The number of benzene rings is 2. The molecule has 1 fully saturated rings. The Hall–Kier alpha value is -4.09. The second-order valence-corrected chi connectivity index (χ2v) is 9.27. The normalized spacial score (nSPS) is 13.7. The number of nitrogen functional groups attached to an aromatic ring is 1. The van der Waals surface area contributed by atoms with E-state index in [2.05, 4.69) is 21.3 Å². The standard InChI is InChI=1S/C28H32N6O2/c1-33(2)25-11-10-19(31-27(36)12-15-34-13-6-3-7-14-34)16-22(25)21-17-24(32-28(30)23(21)18-29)20-8-4-5-9-26(20)35/h4-5,8-11,16-17,35H,3,6-7,12-15H2,1-2H3,(H2,30,32)(H,31,36). The molecule has 0 aliphatic carbocycles. The summed E-state index contributed by atoms with van der Waals surface area (Å²) in [5.74, 6) is 0.102. The fourth-order valence-corrected chi connectivity index (χ4v) is 4.61. The van der Waals surface area contributed by atoms with Crippen molar-refractivity contribution in [3.05, 3.63) is 54.1 Å². The lowest BCUT2D eigenvalue weighted by atomic mass is 9.96. The van der Waals surface area contributed by atoms with Crippen molar-refractivity contribution in [3.63, 3.8) is 0 Å². The van der Waals surface area contributed by atoms with Gasteiger partial charge in [-0.05, 0) is 62.3 Å². The molecule has 0 spiro atoms. The summed E-state index contributed by atoms with van der Waals surface area (Å²) >= 11 is 0. The first-order valence-electron chi connectivity index (χ1n) is 12.2. The van der Waals surface area contributed by atoms with E-state index in [1.165, 1.54) is 19.3 Å². The Morgan fingerprint density at radius 3 is 2.56 bits per heavy atom. The average molecular weight is 485 g/mol. The third-order valence-corrected chi connectivity index (χ3v) is 6.50. The van der Waals surface area contributed by atoms with Crippen molar-refractivity contribution in [2.24, 2.45) is 0 Å². The molecule has 1 aliphatic heterocycles. The summed E-state index contributed by atoms with van der Waals surface area (Å²) in [4.78, 5) is 21.4. The largest absolute Gasteiger partial charge is 0.507 e. The smallest absolute Gasteiger partial charge is 0.225 e. The molecule has 186 valence electrons. The summed E-state index contributed by atoms with van der Waals surface area (Å²) in [6.07, 6.45) is 4.07. The number of hydrogen-bond acceptors (Lipinski definition) is 7. The summed E-state index contributed by atoms with van der Waals surface area (Å²) in [5.41, 5.74) is 10.2. The van der Waals surface area contributed by atoms with E-state index >= 15 is 0 Å². The Bertz CT molecular complexity index is 1290. The van der Waals surface area contributed by atoms with Gasteiger partial charge in [0.25, 0.3) is 0 Å². The van der Waals surface area contributed by atoms with Crippen molar-refractivity contribution < 1.29 is 9.90 Å². The number of aromatic hydroxyl groups is 1. The van der Waals surface area contributed by atoms with Crippen molar-refractivity contribution in [1.82, 2.24) is 9.88 Å². The number of carbonyl (C=O) groups excluding carboxylic acids is 1. The summed E-state index contributed by atoms with van der Waals surface area (Å²) in [7, 11) is 3.83. The lowest BCUT2D eigenvalue weighted by Crippen LogP contribution is -2.32. The molecule has 0 saturated carbocycles. The Morgan fingerprint density at radius 1 is 1.11 bits per heavy atom. The Balaban J connectivity index is 1.69. The summed E-state index contributed by atoms with van der Waals surface area (Å²) < 4.78 is 0. The summed E-state index contributed by atoms with van der Waals surface area (Å²) in [6, 6.07) is 16.4. The first kappa shape index (κ1) is 25.0. The Kier molecular flexibility index (Phi) is 7.71. The van der Waals surface area contributed by atoms with E-state index < -0.39 is 0 Å². The molecule has 8 heteroatoms. The number of rotatable bonds is 7. The van der Waals surface area contributed by atoms with Crippen molar-refractivity contribution in [1.29, 1.82) is 5.26 Å². The first-order chi connectivity index (χ1) is 17.4. The Morgan fingerprint density at radius 2 is 1.86 bits per heavy atom. The van der Waals surface area contributed by atoms with E-state index in [1.54, 1.807) is 30.3 Å². The van der Waals surface area contributed by atoms with Crippen LogP contribution in [0.4, 0.5) is 17.2 Å². The van der Waals surface area contributed by atoms with Crippen LogP contribution in [0, 0.1) is 11.3 Å². The molecule has 1 saturated heterocycles. The van der Waals surface area contributed by atoms with E-state index in [4.69, 9.17) is 5.73 Å².